The molecule has 1 aromatic rings. The second-order valence-corrected chi connectivity index (χ2v) is 8.65. The highest BCUT2D eigenvalue weighted by Crippen LogP contribution is 2.37. The highest BCUT2D eigenvalue weighted by Gasteiger charge is 2.14. The smallest absolute Gasteiger partial charge is 0.330 e. The third-order valence-corrected chi connectivity index (χ3v) is 5.51. The molecule has 0 aromatic heterocycles. The molecule has 0 atom stereocenters. The molecule has 0 bridgehead atoms. The van der Waals surface area contributed by atoms with Gasteiger partial charge in [0.25, 0.3) is 0 Å². The van der Waals surface area contributed by atoms with E-state index in [0.29, 0.717) is 37.9 Å². The SMILES string of the molecule is CCCCCCOc1cc(C=CC(=O)OCC)c(OCCCCCC)c(OCCCCCC)c1. The van der Waals surface area contributed by atoms with Gasteiger partial charge in [0.05, 0.1) is 26.4 Å². The monoisotopic (exact) mass is 476 g/mol. The quantitative estimate of drug-likeness (QED) is 0.102. The van der Waals surface area contributed by atoms with E-state index in [1.54, 1.807) is 13.0 Å². The summed E-state index contributed by atoms with van der Waals surface area (Å²) in [5.41, 5.74) is 0.776. The van der Waals surface area contributed by atoms with Crippen LogP contribution in [0.3, 0.4) is 0 Å². The van der Waals surface area contributed by atoms with Crippen LogP contribution in [-0.2, 0) is 9.53 Å². The van der Waals surface area contributed by atoms with E-state index in [4.69, 9.17) is 18.9 Å². The summed E-state index contributed by atoms with van der Waals surface area (Å²) < 4.78 is 23.5. The Morgan fingerprint density at radius 2 is 1.26 bits per heavy atom. The zero-order valence-corrected chi connectivity index (χ0v) is 22.2. The van der Waals surface area contributed by atoms with E-state index in [-0.39, 0.29) is 5.97 Å². The number of rotatable bonds is 21. The Morgan fingerprint density at radius 1 is 0.706 bits per heavy atom. The fourth-order valence-electron chi connectivity index (χ4n) is 3.55. The molecule has 0 aliphatic heterocycles. The van der Waals surface area contributed by atoms with E-state index in [9.17, 15) is 4.79 Å². The second-order valence-electron chi connectivity index (χ2n) is 8.65. The lowest BCUT2D eigenvalue weighted by molar-refractivity contribution is -0.137. The van der Waals surface area contributed by atoms with Crippen LogP contribution in [0.4, 0.5) is 0 Å². The lowest BCUT2D eigenvalue weighted by atomic mass is 10.1. The van der Waals surface area contributed by atoms with Crippen LogP contribution < -0.4 is 14.2 Å². The number of esters is 1. The van der Waals surface area contributed by atoms with Crippen molar-refractivity contribution >= 4 is 12.0 Å². The molecule has 1 aromatic carbocycles. The first kappa shape index (κ1) is 29.9. The molecule has 34 heavy (non-hydrogen) atoms. The molecule has 0 spiro atoms. The summed E-state index contributed by atoms with van der Waals surface area (Å²) in [5.74, 6) is 1.72. The minimum atomic E-state index is -0.371. The molecule has 0 fully saturated rings. The summed E-state index contributed by atoms with van der Waals surface area (Å²) in [5, 5.41) is 0. The molecule has 0 aliphatic rings. The summed E-state index contributed by atoms with van der Waals surface area (Å²) in [4.78, 5) is 12.0. The lowest BCUT2D eigenvalue weighted by Crippen LogP contribution is -2.06. The van der Waals surface area contributed by atoms with Crippen LogP contribution in [0.15, 0.2) is 18.2 Å². The van der Waals surface area contributed by atoms with Gasteiger partial charge in [0.15, 0.2) is 11.5 Å². The Balaban J connectivity index is 3.07. The average Bonchev–Trinajstić information content (AvgIpc) is 2.83. The van der Waals surface area contributed by atoms with E-state index in [2.05, 4.69) is 20.8 Å². The van der Waals surface area contributed by atoms with Crippen LogP contribution in [-0.4, -0.2) is 32.4 Å². The Morgan fingerprint density at radius 3 is 1.82 bits per heavy atom. The molecule has 0 saturated carbocycles. The van der Waals surface area contributed by atoms with Crippen molar-refractivity contribution in [3.8, 4) is 17.2 Å². The molecule has 0 aliphatic carbocycles. The predicted octanol–water partition coefficient (Wildman–Crippen LogP) is 8.14. The van der Waals surface area contributed by atoms with Gasteiger partial charge in [-0.1, -0.05) is 78.6 Å². The number of hydrogen-bond acceptors (Lipinski definition) is 5. The maximum absolute atomic E-state index is 12.0. The van der Waals surface area contributed by atoms with Crippen molar-refractivity contribution in [2.45, 2.75) is 105 Å². The van der Waals surface area contributed by atoms with Gasteiger partial charge in [0.2, 0.25) is 0 Å². The van der Waals surface area contributed by atoms with Gasteiger partial charge in [0, 0.05) is 17.7 Å². The van der Waals surface area contributed by atoms with E-state index in [1.807, 2.05) is 12.1 Å². The number of carbonyl (C=O) groups excluding carboxylic acids is 1. The summed E-state index contributed by atoms with van der Waals surface area (Å²) in [6.45, 7) is 10.7. The van der Waals surface area contributed by atoms with Crippen molar-refractivity contribution in [3.05, 3.63) is 23.8 Å². The maximum atomic E-state index is 12.0. The van der Waals surface area contributed by atoms with Gasteiger partial charge in [-0.3, -0.25) is 0 Å². The summed E-state index contributed by atoms with van der Waals surface area (Å²) in [7, 11) is 0. The fourth-order valence-corrected chi connectivity index (χ4v) is 3.55. The number of carbonyl (C=O) groups is 1. The number of benzene rings is 1. The van der Waals surface area contributed by atoms with Crippen molar-refractivity contribution in [2.75, 3.05) is 26.4 Å². The molecule has 0 saturated heterocycles. The molecule has 5 nitrogen and oxygen atoms in total. The second kappa shape index (κ2) is 20.2. The molecule has 0 radical (unpaired) electrons. The molecule has 194 valence electrons. The minimum absolute atomic E-state index is 0.344. The molecule has 0 heterocycles. The van der Waals surface area contributed by atoms with Crippen LogP contribution in [0.2, 0.25) is 0 Å². The van der Waals surface area contributed by atoms with Gasteiger partial charge < -0.3 is 18.9 Å². The number of ether oxygens (including phenoxy) is 4. The van der Waals surface area contributed by atoms with E-state index in [1.165, 1.54) is 44.6 Å². The van der Waals surface area contributed by atoms with Crippen molar-refractivity contribution in [1.82, 2.24) is 0 Å². The molecular weight excluding hydrogens is 428 g/mol. The third-order valence-electron chi connectivity index (χ3n) is 5.51. The Labute approximate surface area is 208 Å². The van der Waals surface area contributed by atoms with Crippen molar-refractivity contribution in [3.63, 3.8) is 0 Å². The van der Waals surface area contributed by atoms with Crippen LogP contribution in [0.5, 0.6) is 17.2 Å². The van der Waals surface area contributed by atoms with Crippen molar-refractivity contribution in [2.24, 2.45) is 0 Å². The van der Waals surface area contributed by atoms with Crippen LogP contribution >= 0.6 is 0 Å². The largest absolute Gasteiger partial charge is 0.493 e. The minimum Gasteiger partial charge on any atom is -0.493 e. The molecule has 5 heteroatoms. The van der Waals surface area contributed by atoms with Gasteiger partial charge in [0.1, 0.15) is 5.75 Å². The zero-order chi connectivity index (χ0) is 24.9. The third kappa shape index (κ3) is 13.5. The molecular formula is C29H48O5. The molecule has 0 N–H and O–H groups in total. The first-order valence-electron chi connectivity index (χ1n) is 13.6. The van der Waals surface area contributed by atoms with Gasteiger partial charge in [-0.15, -0.1) is 0 Å². The average molecular weight is 477 g/mol. The Hall–Kier alpha value is -2.17. The van der Waals surface area contributed by atoms with Gasteiger partial charge in [-0.25, -0.2) is 4.79 Å². The summed E-state index contributed by atoms with van der Waals surface area (Å²) >= 11 is 0. The number of hydrogen-bond donors (Lipinski definition) is 0. The van der Waals surface area contributed by atoms with Crippen molar-refractivity contribution < 1.29 is 23.7 Å². The highest BCUT2D eigenvalue weighted by molar-refractivity contribution is 5.88. The lowest BCUT2D eigenvalue weighted by Gasteiger charge is -2.18. The topological polar surface area (TPSA) is 54.0 Å². The normalized spacial score (nSPS) is 11.1. The Bertz CT molecular complexity index is 683. The van der Waals surface area contributed by atoms with Crippen molar-refractivity contribution in [1.29, 1.82) is 0 Å². The van der Waals surface area contributed by atoms with E-state index < -0.39 is 0 Å². The van der Waals surface area contributed by atoms with E-state index >= 15 is 0 Å². The van der Waals surface area contributed by atoms with E-state index in [0.717, 1.165) is 49.8 Å². The van der Waals surface area contributed by atoms with Crippen LogP contribution in [0.1, 0.15) is 110 Å². The zero-order valence-electron chi connectivity index (χ0n) is 22.2. The van der Waals surface area contributed by atoms with Gasteiger partial charge in [-0.05, 0) is 38.3 Å². The molecule has 0 amide bonds. The number of unbranched alkanes of at least 4 members (excludes halogenated alkanes) is 9. The summed E-state index contributed by atoms with van der Waals surface area (Å²) in [6, 6.07) is 3.86. The molecule has 1 rings (SSSR count). The highest BCUT2D eigenvalue weighted by atomic mass is 16.5. The van der Waals surface area contributed by atoms with Gasteiger partial charge >= 0.3 is 5.97 Å². The van der Waals surface area contributed by atoms with Crippen LogP contribution in [0.25, 0.3) is 6.08 Å². The maximum Gasteiger partial charge on any atom is 0.330 e. The standard InChI is InChI=1S/C29H48O5/c1-5-9-12-15-20-32-26-23-25(18-19-28(30)31-8-4)29(34-22-17-14-11-7-3)27(24-26)33-21-16-13-10-6-2/h18-19,23-24H,5-17,20-22H2,1-4H3. The molecule has 0 unspecified atom stereocenters. The first-order chi connectivity index (χ1) is 16.7. The fraction of sp³-hybridized carbons (Fsp3) is 0.690. The summed E-state index contributed by atoms with van der Waals surface area (Å²) in [6.07, 6.45) is 16.8. The Kier molecular flexibility index (Phi) is 17.8. The predicted molar refractivity (Wildman–Crippen MR) is 141 cm³/mol. The van der Waals surface area contributed by atoms with Crippen LogP contribution in [0, 0.1) is 0 Å². The van der Waals surface area contributed by atoms with Gasteiger partial charge in [-0.2, -0.15) is 0 Å². The first-order valence-corrected chi connectivity index (χ1v) is 13.6.